The first-order valence-electron chi connectivity index (χ1n) is 5.16. The standard InChI is InChI=1S/C7H4F3.2C2H5.In/c8-7(9,10)6-4-2-1-3-5-6;2*1-2;/h1-4H;2*1H2,2H3;. The molecule has 0 aliphatic rings. The molecule has 4 heteroatoms. The van der Waals surface area contributed by atoms with Crippen LogP contribution in [0.4, 0.5) is 13.2 Å². The van der Waals surface area contributed by atoms with Gasteiger partial charge in [0.25, 0.3) is 0 Å². The van der Waals surface area contributed by atoms with Crippen molar-refractivity contribution in [3.8, 4) is 0 Å². The summed E-state index contributed by atoms with van der Waals surface area (Å²) in [5, 5.41) is 0. The van der Waals surface area contributed by atoms with Crippen LogP contribution >= 0.6 is 0 Å². The molecule has 0 aliphatic carbocycles. The first-order chi connectivity index (χ1) is 7.00. The molecular weight excluding hydrogens is 304 g/mol. The first kappa shape index (κ1) is 12.9. The molecule has 1 rings (SSSR count). The Morgan fingerprint density at radius 1 is 1.07 bits per heavy atom. The van der Waals surface area contributed by atoms with E-state index in [-0.39, 0.29) is 0 Å². The van der Waals surface area contributed by atoms with Gasteiger partial charge in [-0.05, 0) is 0 Å². The van der Waals surface area contributed by atoms with Crippen molar-refractivity contribution in [3.05, 3.63) is 29.8 Å². The molecule has 0 unspecified atom stereocenters. The second-order valence-corrected chi connectivity index (χ2v) is 14.0. The van der Waals surface area contributed by atoms with Gasteiger partial charge >= 0.3 is 96.1 Å². The third-order valence-corrected chi connectivity index (χ3v) is 12.3. The Hall–Kier alpha value is -0.120. The number of rotatable bonds is 3. The summed E-state index contributed by atoms with van der Waals surface area (Å²) in [6, 6.07) is 6.08. The van der Waals surface area contributed by atoms with Crippen molar-refractivity contribution in [1.29, 1.82) is 0 Å². The molecule has 0 saturated carbocycles. The van der Waals surface area contributed by atoms with E-state index in [1.807, 2.05) is 13.8 Å². The van der Waals surface area contributed by atoms with Crippen molar-refractivity contribution < 1.29 is 13.2 Å². The van der Waals surface area contributed by atoms with Gasteiger partial charge in [0.1, 0.15) is 0 Å². The summed E-state index contributed by atoms with van der Waals surface area (Å²) in [6.07, 6.45) is -4.18. The van der Waals surface area contributed by atoms with Crippen LogP contribution in [0.5, 0.6) is 0 Å². The van der Waals surface area contributed by atoms with Gasteiger partial charge in [0.15, 0.2) is 0 Å². The van der Waals surface area contributed by atoms with Crippen molar-refractivity contribution in [3.63, 3.8) is 0 Å². The SMILES string of the molecule is C[CH2][In]([CH2]C)[c]1ccccc1C(F)(F)F. The maximum absolute atomic E-state index is 12.7. The quantitative estimate of drug-likeness (QED) is 0.801. The van der Waals surface area contributed by atoms with Gasteiger partial charge in [0, 0.05) is 0 Å². The van der Waals surface area contributed by atoms with E-state index in [2.05, 4.69) is 0 Å². The molecule has 15 heavy (non-hydrogen) atoms. The molecule has 82 valence electrons. The predicted molar refractivity (Wildman–Crippen MR) is 57.8 cm³/mol. The molecule has 0 spiro atoms. The molecule has 0 atom stereocenters. The van der Waals surface area contributed by atoms with E-state index in [1.54, 1.807) is 12.1 Å². The Labute approximate surface area is 96.0 Å². The zero-order valence-corrected chi connectivity index (χ0v) is 12.2. The molecule has 0 saturated heterocycles. The summed E-state index contributed by atoms with van der Waals surface area (Å²) < 4.78 is 40.7. The van der Waals surface area contributed by atoms with Crippen LogP contribution in [0.1, 0.15) is 19.4 Å². The number of halogens is 3. The number of alkyl halides is 3. The van der Waals surface area contributed by atoms with E-state index in [4.69, 9.17) is 0 Å². The van der Waals surface area contributed by atoms with E-state index in [0.29, 0.717) is 3.32 Å². The fourth-order valence-electron chi connectivity index (χ4n) is 1.84. The Morgan fingerprint density at radius 3 is 2.07 bits per heavy atom. The van der Waals surface area contributed by atoms with Gasteiger partial charge in [-0.3, -0.25) is 0 Å². The third kappa shape index (κ3) is 3.16. The van der Waals surface area contributed by atoms with Crippen molar-refractivity contribution in [1.82, 2.24) is 0 Å². The summed E-state index contributed by atoms with van der Waals surface area (Å²) in [4.78, 5) is 0. The van der Waals surface area contributed by atoms with Crippen molar-refractivity contribution >= 4 is 24.8 Å². The molecule has 0 aromatic heterocycles. The molecule has 0 nitrogen and oxygen atoms in total. The van der Waals surface area contributed by atoms with Gasteiger partial charge in [0.05, 0.1) is 0 Å². The Morgan fingerprint density at radius 2 is 1.60 bits per heavy atom. The van der Waals surface area contributed by atoms with Crippen LogP contribution in [0.3, 0.4) is 0 Å². The zero-order valence-electron chi connectivity index (χ0n) is 8.93. The Bertz CT molecular complexity index is 316. The van der Waals surface area contributed by atoms with Crippen LogP contribution in [-0.4, -0.2) is 21.4 Å². The predicted octanol–water partition coefficient (Wildman–Crippen LogP) is 3.45. The van der Waals surface area contributed by atoms with Crippen LogP contribution in [0, 0.1) is 0 Å². The summed E-state index contributed by atoms with van der Waals surface area (Å²) in [5.74, 6) is 0. The second kappa shape index (κ2) is 5.28. The van der Waals surface area contributed by atoms with Gasteiger partial charge in [-0.2, -0.15) is 0 Å². The van der Waals surface area contributed by atoms with Crippen LogP contribution in [0.15, 0.2) is 24.3 Å². The summed E-state index contributed by atoms with van der Waals surface area (Å²) in [5.41, 5.74) is -0.394. The van der Waals surface area contributed by atoms with Gasteiger partial charge in [-0.25, -0.2) is 0 Å². The molecule has 0 fully saturated rings. The molecule has 0 N–H and O–H groups in total. The van der Waals surface area contributed by atoms with Crippen molar-refractivity contribution in [2.24, 2.45) is 0 Å². The van der Waals surface area contributed by atoms with Gasteiger partial charge in [0.2, 0.25) is 0 Å². The summed E-state index contributed by atoms with van der Waals surface area (Å²) >= 11 is -2.13. The molecule has 0 heterocycles. The summed E-state index contributed by atoms with van der Waals surface area (Å²) in [6.45, 7) is 4.02. The van der Waals surface area contributed by atoms with Crippen LogP contribution < -0.4 is 3.32 Å². The minimum absolute atomic E-state index is 0.394. The molecule has 1 aromatic carbocycles. The Kier molecular flexibility index (Phi) is 4.56. The fraction of sp³-hybridized carbons (Fsp3) is 0.455. The van der Waals surface area contributed by atoms with E-state index < -0.39 is 33.2 Å². The van der Waals surface area contributed by atoms with E-state index >= 15 is 0 Å². The van der Waals surface area contributed by atoms with Crippen molar-refractivity contribution in [2.75, 3.05) is 0 Å². The maximum atomic E-state index is 12.7. The molecule has 1 aromatic rings. The van der Waals surface area contributed by atoms with Gasteiger partial charge < -0.3 is 0 Å². The topological polar surface area (TPSA) is 0 Å². The molecule has 0 bridgehead atoms. The average molecular weight is 318 g/mol. The third-order valence-electron chi connectivity index (χ3n) is 2.69. The molecule has 0 aliphatic heterocycles. The van der Waals surface area contributed by atoms with Gasteiger partial charge in [-0.15, -0.1) is 0 Å². The van der Waals surface area contributed by atoms with Crippen LogP contribution in [0.2, 0.25) is 8.35 Å². The van der Waals surface area contributed by atoms with Crippen LogP contribution in [0.25, 0.3) is 0 Å². The minimum atomic E-state index is -4.18. The van der Waals surface area contributed by atoms with Crippen LogP contribution in [-0.2, 0) is 6.18 Å². The zero-order chi connectivity index (χ0) is 11.5. The van der Waals surface area contributed by atoms with Crippen molar-refractivity contribution in [2.45, 2.75) is 28.4 Å². The number of hydrogen-bond acceptors (Lipinski definition) is 0. The number of benzene rings is 1. The van der Waals surface area contributed by atoms with E-state index in [1.165, 1.54) is 12.1 Å². The molecule has 0 radical (unpaired) electrons. The van der Waals surface area contributed by atoms with E-state index in [9.17, 15) is 13.2 Å². The Balaban J connectivity index is 3.17. The first-order valence-corrected chi connectivity index (χ1v) is 11.5. The fourth-order valence-corrected chi connectivity index (χ4v) is 9.09. The average Bonchev–Trinajstić information content (AvgIpc) is 2.19. The summed E-state index contributed by atoms with van der Waals surface area (Å²) in [7, 11) is 0. The molecular formula is C11H14F3In. The van der Waals surface area contributed by atoms with E-state index in [0.717, 1.165) is 8.35 Å². The second-order valence-electron chi connectivity index (χ2n) is 3.60. The van der Waals surface area contributed by atoms with Gasteiger partial charge in [-0.1, -0.05) is 0 Å². The molecule has 0 amide bonds. The monoisotopic (exact) mass is 318 g/mol. The normalized spacial score (nSPS) is 11.5. The number of hydrogen-bond donors (Lipinski definition) is 0.